The summed E-state index contributed by atoms with van der Waals surface area (Å²) in [5.74, 6) is 0.921. The number of aliphatic hydroxyl groups is 1. The van der Waals surface area contributed by atoms with E-state index in [9.17, 15) is 5.11 Å². The summed E-state index contributed by atoms with van der Waals surface area (Å²) in [5.41, 5.74) is 3.53. The van der Waals surface area contributed by atoms with Crippen molar-refractivity contribution in [3.63, 3.8) is 0 Å². The van der Waals surface area contributed by atoms with Gasteiger partial charge in [-0.3, -0.25) is 4.90 Å². The first kappa shape index (κ1) is 17.3. The lowest BCUT2D eigenvalue weighted by molar-refractivity contribution is 0.0206. The molecule has 1 aliphatic heterocycles. The van der Waals surface area contributed by atoms with Crippen LogP contribution >= 0.6 is 0 Å². The summed E-state index contributed by atoms with van der Waals surface area (Å²) in [7, 11) is 0. The third-order valence-electron chi connectivity index (χ3n) is 4.82. The average molecular weight is 305 g/mol. The van der Waals surface area contributed by atoms with Gasteiger partial charge in [-0.15, -0.1) is 0 Å². The molecule has 1 aliphatic rings. The zero-order chi connectivity index (χ0) is 16.3. The van der Waals surface area contributed by atoms with Gasteiger partial charge in [-0.1, -0.05) is 24.1 Å². The van der Waals surface area contributed by atoms with E-state index in [1.54, 1.807) is 0 Å². The Morgan fingerprint density at radius 1 is 1.14 bits per heavy atom. The minimum absolute atomic E-state index is 0.362. The molecule has 0 radical (unpaired) electrons. The minimum atomic E-state index is -0.442. The maximum absolute atomic E-state index is 10.4. The van der Waals surface area contributed by atoms with Crippen LogP contribution in [0.3, 0.4) is 0 Å². The van der Waals surface area contributed by atoms with Gasteiger partial charge in [0, 0.05) is 18.6 Å². The second-order valence-corrected chi connectivity index (χ2v) is 7.02. The zero-order valence-corrected chi connectivity index (χ0v) is 14.7. The van der Waals surface area contributed by atoms with Crippen LogP contribution in [0, 0.1) is 20.8 Å². The van der Waals surface area contributed by atoms with E-state index in [1.165, 1.54) is 24.8 Å². The Morgan fingerprint density at radius 3 is 2.23 bits per heavy atom. The van der Waals surface area contributed by atoms with Gasteiger partial charge < -0.3 is 9.84 Å². The van der Waals surface area contributed by atoms with E-state index in [4.69, 9.17) is 4.74 Å². The summed E-state index contributed by atoms with van der Waals surface area (Å²) >= 11 is 0. The Kier molecular flexibility index (Phi) is 5.87. The molecule has 22 heavy (non-hydrogen) atoms. The molecule has 1 fully saturated rings. The molecule has 2 rings (SSSR count). The summed E-state index contributed by atoms with van der Waals surface area (Å²) in [4.78, 5) is 2.42. The van der Waals surface area contributed by atoms with Crippen molar-refractivity contribution < 1.29 is 9.84 Å². The first-order valence-corrected chi connectivity index (χ1v) is 8.53. The van der Waals surface area contributed by atoms with Gasteiger partial charge in [0.05, 0.1) is 0 Å². The van der Waals surface area contributed by atoms with E-state index < -0.39 is 6.10 Å². The Balaban J connectivity index is 1.91. The number of rotatable bonds is 5. The molecule has 0 aliphatic carbocycles. The van der Waals surface area contributed by atoms with Crippen molar-refractivity contribution in [1.82, 2.24) is 4.90 Å². The average Bonchev–Trinajstić information content (AvgIpc) is 2.42. The van der Waals surface area contributed by atoms with Crippen molar-refractivity contribution in [3.8, 4) is 5.75 Å². The summed E-state index contributed by atoms with van der Waals surface area (Å²) in [6.45, 7) is 11.8. The third kappa shape index (κ3) is 4.23. The van der Waals surface area contributed by atoms with Gasteiger partial charge in [0.25, 0.3) is 0 Å². The molecule has 124 valence electrons. The highest BCUT2D eigenvalue weighted by atomic mass is 16.5. The van der Waals surface area contributed by atoms with E-state index >= 15 is 0 Å². The number of aliphatic hydroxyl groups excluding tert-OH is 1. The van der Waals surface area contributed by atoms with Crippen LogP contribution in [-0.4, -0.2) is 41.3 Å². The molecular weight excluding hydrogens is 274 g/mol. The predicted molar refractivity (Wildman–Crippen MR) is 91.6 cm³/mol. The fraction of sp³-hybridized carbons (Fsp3) is 0.684. The van der Waals surface area contributed by atoms with Crippen LogP contribution in [0.25, 0.3) is 0 Å². The Bertz CT molecular complexity index is 467. The summed E-state index contributed by atoms with van der Waals surface area (Å²) in [6.07, 6.45) is 3.32. The number of nitrogens with zero attached hydrogens (tertiary/aromatic N) is 1. The molecule has 0 saturated carbocycles. The topological polar surface area (TPSA) is 32.7 Å². The van der Waals surface area contributed by atoms with Crippen LogP contribution in [-0.2, 0) is 0 Å². The van der Waals surface area contributed by atoms with E-state index in [0.717, 1.165) is 16.9 Å². The standard InChI is InChI=1S/C19H31NO2/c1-13-9-14(2)19(15(3)10-13)22-12-18(21)11-20-16(4)7-6-8-17(20)5/h9-10,16-18,21H,6-8,11-12H2,1-5H3. The van der Waals surface area contributed by atoms with Crippen LogP contribution in [0.5, 0.6) is 5.75 Å². The fourth-order valence-corrected chi connectivity index (χ4v) is 3.70. The van der Waals surface area contributed by atoms with Crippen molar-refractivity contribution in [2.24, 2.45) is 0 Å². The Hall–Kier alpha value is -1.06. The SMILES string of the molecule is Cc1cc(C)c(OCC(O)CN2C(C)CCCC2C)c(C)c1. The van der Waals surface area contributed by atoms with Crippen LogP contribution in [0.1, 0.15) is 49.8 Å². The van der Waals surface area contributed by atoms with Crippen molar-refractivity contribution in [1.29, 1.82) is 0 Å². The molecule has 1 saturated heterocycles. The largest absolute Gasteiger partial charge is 0.490 e. The molecule has 1 N–H and O–H groups in total. The second-order valence-electron chi connectivity index (χ2n) is 7.02. The lowest BCUT2D eigenvalue weighted by Gasteiger charge is -2.40. The number of benzene rings is 1. The quantitative estimate of drug-likeness (QED) is 0.902. The maximum atomic E-state index is 10.4. The van der Waals surface area contributed by atoms with E-state index in [2.05, 4.69) is 51.7 Å². The molecule has 0 amide bonds. The minimum Gasteiger partial charge on any atom is -0.490 e. The zero-order valence-electron chi connectivity index (χ0n) is 14.7. The number of likely N-dealkylation sites (tertiary alicyclic amines) is 1. The highest BCUT2D eigenvalue weighted by Gasteiger charge is 2.26. The fourth-order valence-electron chi connectivity index (χ4n) is 3.70. The van der Waals surface area contributed by atoms with E-state index in [0.29, 0.717) is 25.2 Å². The highest BCUT2D eigenvalue weighted by Crippen LogP contribution is 2.25. The predicted octanol–water partition coefficient (Wildman–Crippen LogP) is 3.61. The summed E-state index contributed by atoms with van der Waals surface area (Å²) < 4.78 is 5.92. The lowest BCUT2D eigenvalue weighted by atomic mass is 9.97. The van der Waals surface area contributed by atoms with Gasteiger partial charge in [-0.25, -0.2) is 0 Å². The van der Waals surface area contributed by atoms with Gasteiger partial charge in [-0.2, -0.15) is 0 Å². The molecule has 0 spiro atoms. The second kappa shape index (κ2) is 7.47. The third-order valence-corrected chi connectivity index (χ3v) is 4.82. The molecule has 0 aromatic heterocycles. The van der Waals surface area contributed by atoms with Crippen molar-refractivity contribution >= 4 is 0 Å². The van der Waals surface area contributed by atoms with Gasteiger partial charge in [-0.05, 0) is 58.6 Å². The molecule has 3 unspecified atom stereocenters. The van der Waals surface area contributed by atoms with Gasteiger partial charge >= 0.3 is 0 Å². The molecule has 0 bridgehead atoms. The molecule has 3 heteroatoms. The first-order valence-electron chi connectivity index (χ1n) is 8.53. The van der Waals surface area contributed by atoms with Crippen LogP contribution in [0.4, 0.5) is 0 Å². The monoisotopic (exact) mass is 305 g/mol. The molecule has 3 atom stereocenters. The number of piperidine rings is 1. The molecular formula is C19H31NO2. The molecule has 3 nitrogen and oxygen atoms in total. The van der Waals surface area contributed by atoms with E-state index in [-0.39, 0.29) is 0 Å². The van der Waals surface area contributed by atoms with Crippen LogP contribution in [0.2, 0.25) is 0 Å². The van der Waals surface area contributed by atoms with Crippen molar-refractivity contribution in [2.75, 3.05) is 13.2 Å². The Labute approximate surface area is 135 Å². The molecule has 1 heterocycles. The maximum Gasteiger partial charge on any atom is 0.125 e. The van der Waals surface area contributed by atoms with Gasteiger partial charge in [0.15, 0.2) is 0 Å². The smallest absolute Gasteiger partial charge is 0.125 e. The number of ether oxygens (including phenoxy) is 1. The number of aryl methyl sites for hydroxylation is 3. The van der Waals surface area contributed by atoms with Crippen molar-refractivity contribution in [3.05, 3.63) is 28.8 Å². The number of β-amino-alcohol motifs (C(OH)–C–C–N with tert-alkyl or cyclic N) is 1. The van der Waals surface area contributed by atoms with E-state index in [1.807, 2.05) is 0 Å². The molecule has 1 aromatic rings. The lowest BCUT2D eigenvalue weighted by Crippen LogP contribution is -2.48. The Morgan fingerprint density at radius 2 is 1.68 bits per heavy atom. The van der Waals surface area contributed by atoms with Gasteiger partial charge in [0.1, 0.15) is 18.5 Å². The van der Waals surface area contributed by atoms with Crippen LogP contribution < -0.4 is 4.74 Å². The normalized spacial score (nSPS) is 24.3. The van der Waals surface area contributed by atoms with Crippen molar-refractivity contribution in [2.45, 2.75) is 72.1 Å². The molecule has 1 aromatic carbocycles. The summed E-state index contributed by atoms with van der Waals surface area (Å²) in [5, 5.41) is 10.4. The first-order chi connectivity index (χ1) is 10.4. The number of hydrogen-bond donors (Lipinski definition) is 1. The summed E-state index contributed by atoms with van der Waals surface area (Å²) in [6, 6.07) is 5.37. The highest BCUT2D eigenvalue weighted by molar-refractivity contribution is 5.42. The number of hydrogen-bond acceptors (Lipinski definition) is 3. The van der Waals surface area contributed by atoms with Crippen LogP contribution in [0.15, 0.2) is 12.1 Å². The van der Waals surface area contributed by atoms with Gasteiger partial charge in [0.2, 0.25) is 0 Å².